The van der Waals surface area contributed by atoms with Crippen molar-refractivity contribution < 1.29 is 14.6 Å². The molecule has 12 heavy (non-hydrogen) atoms. The Morgan fingerprint density at radius 3 is 3.08 bits per heavy atom. The fraction of sp³-hybridized carbons (Fsp3) is 0.875. The van der Waals surface area contributed by atoms with Gasteiger partial charge in [0.15, 0.2) is 0 Å². The van der Waals surface area contributed by atoms with E-state index in [9.17, 15) is 4.79 Å². The molecule has 4 nitrogen and oxygen atoms in total. The maximum absolute atomic E-state index is 10.9. The molecule has 1 rings (SSSR count). The summed E-state index contributed by atoms with van der Waals surface area (Å²) in [4.78, 5) is 12.8. The number of hydrogen-bond donors (Lipinski definition) is 1. The third-order valence-corrected chi connectivity index (χ3v) is 2.27. The summed E-state index contributed by atoms with van der Waals surface area (Å²) in [6.45, 7) is 1.33. The second kappa shape index (κ2) is 4.42. The fourth-order valence-corrected chi connectivity index (χ4v) is 1.54. The third-order valence-electron chi connectivity index (χ3n) is 2.27. The number of esters is 1. The van der Waals surface area contributed by atoms with Crippen LogP contribution in [0, 0.1) is 0 Å². The molecule has 0 aromatic carbocycles. The van der Waals surface area contributed by atoms with Gasteiger partial charge in [0.25, 0.3) is 0 Å². The van der Waals surface area contributed by atoms with Gasteiger partial charge >= 0.3 is 5.97 Å². The normalized spacial score (nSPS) is 24.3. The number of nitrogens with zero attached hydrogens (tertiary/aromatic N) is 1. The van der Waals surface area contributed by atoms with E-state index in [2.05, 4.69) is 4.74 Å². The Morgan fingerprint density at radius 1 is 1.75 bits per heavy atom. The molecule has 1 heterocycles. The lowest BCUT2D eigenvalue weighted by atomic mass is 10.2. The zero-order valence-corrected chi connectivity index (χ0v) is 7.32. The molecular weight excluding hydrogens is 158 g/mol. The first-order valence-corrected chi connectivity index (χ1v) is 4.19. The summed E-state index contributed by atoms with van der Waals surface area (Å²) in [5.74, 6) is -0.227. The fourth-order valence-electron chi connectivity index (χ4n) is 1.54. The maximum atomic E-state index is 10.9. The van der Waals surface area contributed by atoms with Crippen LogP contribution in [-0.4, -0.2) is 48.8 Å². The molecule has 1 aliphatic rings. The van der Waals surface area contributed by atoms with Gasteiger partial charge < -0.3 is 9.84 Å². The van der Waals surface area contributed by atoms with Crippen LogP contribution in [0.15, 0.2) is 0 Å². The molecule has 0 spiro atoms. The molecule has 0 bridgehead atoms. The number of likely N-dealkylation sites (tertiary alicyclic amines) is 1. The summed E-state index contributed by atoms with van der Waals surface area (Å²) in [5.41, 5.74) is 0. The van der Waals surface area contributed by atoms with Crippen molar-refractivity contribution in [3.8, 4) is 0 Å². The van der Waals surface area contributed by atoms with Gasteiger partial charge in [-0.3, -0.25) is 9.69 Å². The highest BCUT2D eigenvalue weighted by Gasteiger charge is 2.25. The summed E-state index contributed by atoms with van der Waals surface area (Å²) in [5, 5.41) is 8.93. The SMILES string of the molecule is COC(=O)CN1CCC[C@H]1CO. The predicted molar refractivity (Wildman–Crippen MR) is 43.7 cm³/mol. The topological polar surface area (TPSA) is 49.8 Å². The zero-order chi connectivity index (χ0) is 8.97. The molecule has 0 amide bonds. The molecule has 0 saturated carbocycles. The van der Waals surface area contributed by atoms with Gasteiger partial charge in [0.2, 0.25) is 0 Å². The number of carbonyl (C=O) groups is 1. The molecule has 1 saturated heterocycles. The molecule has 0 aromatic rings. The van der Waals surface area contributed by atoms with Gasteiger partial charge in [-0.15, -0.1) is 0 Å². The second-order valence-corrected chi connectivity index (χ2v) is 3.03. The Morgan fingerprint density at radius 2 is 2.50 bits per heavy atom. The minimum absolute atomic E-state index is 0.136. The van der Waals surface area contributed by atoms with Gasteiger partial charge in [-0.05, 0) is 19.4 Å². The monoisotopic (exact) mass is 173 g/mol. The standard InChI is InChI=1S/C8H15NO3/c1-12-8(11)5-9-4-2-3-7(9)6-10/h7,10H,2-6H2,1H3/t7-/m0/s1. The molecule has 70 valence electrons. The highest BCUT2D eigenvalue weighted by Crippen LogP contribution is 2.15. The first-order valence-electron chi connectivity index (χ1n) is 4.19. The predicted octanol–water partition coefficient (Wildman–Crippen LogP) is -0.384. The van der Waals surface area contributed by atoms with E-state index in [1.54, 1.807) is 0 Å². The Hall–Kier alpha value is -0.610. The Balaban J connectivity index is 2.35. The Bertz CT molecular complexity index is 160. The quantitative estimate of drug-likeness (QED) is 0.591. The highest BCUT2D eigenvalue weighted by atomic mass is 16.5. The van der Waals surface area contributed by atoms with Crippen LogP contribution in [0.2, 0.25) is 0 Å². The number of hydrogen-bond acceptors (Lipinski definition) is 4. The van der Waals surface area contributed by atoms with Crippen molar-refractivity contribution in [3.63, 3.8) is 0 Å². The number of carbonyl (C=O) groups excluding carboxylic acids is 1. The van der Waals surface area contributed by atoms with Gasteiger partial charge in [0.1, 0.15) is 0 Å². The van der Waals surface area contributed by atoms with Crippen molar-refractivity contribution in [2.75, 3.05) is 26.8 Å². The lowest BCUT2D eigenvalue weighted by Crippen LogP contribution is -2.36. The van der Waals surface area contributed by atoms with Crippen LogP contribution in [-0.2, 0) is 9.53 Å². The van der Waals surface area contributed by atoms with Crippen LogP contribution in [0.4, 0.5) is 0 Å². The van der Waals surface area contributed by atoms with E-state index in [4.69, 9.17) is 5.11 Å². The van der Waals surface area contributed by atoms with Crippen LogP contribution in [0.1, 0.15) is 12.8 Å². The number of rotatable bonds is 3. The van der Waals surface area contributed by atoms with Crippen molar-refractivity contribution in [2.45, 2.75) is 18.9 Å². The summed E-state index contributed by atoms with van der Waals surface area (Å²) < 4.78 is 4.54. The molecule has 4 heteroatoms. The van der Waals surface area contributed by atoms with Crippen LogP contribution in [0.3, 0.4) is 0 Å². The average Bonchev–Trinajstić information content (AvgIpc) is 2.51. The van der Waals surface area contributed by atoms with E-state index in [-0.39, 0.29) is 18.6 Å². The first kappa shape index (κ1) is 9.48. The van der Waals surface area contributed by atoms with Gasteiger partial charge in [0.05, 0.1) is 20.3 Å². The summed E-state index contributed by atoms with van der Waals surface area (Å²) in [7, 11) is 1.38. The van der Waals surface area contributed by atoms with E-state index >= 15 is 0 Å². The molecule has 1 N–H and O–H groups in total. The summed E-state index contributed by atoms with van der Waals surface area (Å²) in [6.07, 6.45) is 2.04. The van der Waals surface area contributed by atoms with Crippen molar-refractivity contribution in [1.29, 1.82) is 0 Å². The van der Waals surface area contributed by atoms with E-state index in [1.807, 2.05) is 4.90 Å². The molecule has 0 aromatic heterocycles. The smallest absolute Gasteiger partial charge is 0.319 e. The lowest BCUT2D eigenvalue weighted by Gasteiger charge is -2.20. The molecule has 0 radical (unpaired) electrons. The van der Waals surface area contributed by atoms with Gasteiger partial charge in [-0.1, -0.05) is 0 Å². The van der Waals surface area contributed by atoms with Crippen LogP contribution < -0.4 is 0 Å². The largest absolute Gasteiger partial charge is 0.468 e. The molecule has 1 aliphatic heterocycles. The van der Waals surface area contributed by atoms with Gasteiger partial charge in [0, 0.05) is 6.04 Å². The molecule has 0 aliphatic carbocycles. The number of methoxy groups -OCH3 is 1. The minimum atomic E-state index is -0.227. The summed E-state index contributed by atoms with van der Waals surface area (Å²) in [6, 6.07) is 0.157. The van der Waals surface area contributed by atoms with Gasteiger partial charge in [-0.2, -0.15) is 0 Å². The van der Waals surface area contributed by atoms with Crippen molar-refractivity contribution in [2.24, 2.45) is 0 Å². The van der Waals surface area contributed by atoms with E-state index < -0.39 is 0 Å². The summed E-state index contributed by atoms with van der Waals surface area (Å²) >= 11 is 0. The van der Waals surface area contributed by atoms with Gasteiger partial charge in [-0.25, -0.2) is 0 Å². The number of aliphatic hydroxyl groups excluding tert-OH is 1. The average molecular weight is 173 g/mol. The van der Waals surface area contributed by atoms with E-state index in [0.717, 1.165) is 19.4 Å². The minimum Gasteiger partial charge on any atom is -0.468 e. The van der Waals surface area contributed by atoms with Crippen LogP contribution in [0.5, 0.6) is 0 Å². The van der Waals surface area contributed by atoms with Crippen LogP contribution >= 0.6 is 0 Å². The maximum Gasteiger partial charge on any atom is 0.319 e. The number of ether oxygens (including phenoxy) is 1. The molecule has 0 unspecified atom stereocenters. The Labute approximate surface area is 72.1 Å². The van der Waals surface area contributed by atoms with E-state index in [0.29, 0.717) is 6.54 Å². The molecule has 1 atom stereocenters. The molecule has 1 fully saturated rings. The van der Waals surface area contributed by atoms with Crippen molar-refractivity contribution in [1.82, 2.24) is 4.90 Å². The highest BCUT2D eigenvalue weighted by molar-refractivity contribution is 5.71. The van der Waals surface area contributed by atoms with E-state index in [1.165, 1.54) is 7.11 Å². The van der Waals surface area contributed by atoms with Crippen molar-refractivity contribution >= 4 is 5.97 Å². The second-order valence-electron chi connectivity index (χ2n) is 3.03. The zero-order valence-electron chi connectivity index (χ0n) is 7.32. The first-order chi connectivity index (χ1) is 5.77. The number of aliphatic hydroxyl groups is 1. The lowest BCUT2D eigenvalue weighted by molar-refractivity contribution is -0.142. The molecular formula is C8H15NO3. The third kappa shape index (κ3) is 2.19. The van der Waals surface area contributed by atoms with Crippen molar-refractivity contribution in [3.05, 3.63) is 0 Å². The van der Waals surface area contributed by atoms with Crippen LogP contribution in [0.25, 0.3) is 0 Å². The Kier molecular flexibility index (Phi) is 3.49.